The van der Waals surface area contributed by atoms with Gasteiger partial charge in [-0.2, -0.15) is 0 Å². The molecule has 98 valence electrons. The van der Waals surface area contributed by atoms with Crippen LogP contribution in [0.5, 0.6) is 0 Å². The number of amides is 1. The number of nitrogen functional groups attached to an aromatic ring is 1. The van der Waals surface area contributed by atoms with Gasteiger partial charge in [0.25, 0.3) is 11.5 Å². The molecule has 2 aromatic rings. The number of H-pyrrole nitrogens is 2. The van der Waals surface area contributed by atoms with Crippen LogP contribution in [0.2, 0.25) is 0 Å². The van der Waals surface area contributed by atoms with Gasteiger partial charge in [0.15, 0.2) is 0 Å². The van der Waals surface area contributed by atoms with Gasteiger partial charge in [0.1, 0.15) is 11.4 Å². The largest absolute Gasteiger partial charge is 0.392 e. The molecule has 1 amide bonds. The number of rotatable bonds is 3. The molecule has 0 saturated carbocycles. The predicted molar refractivity (Wildman–Crippen MR) is 69.7 cm³/mol. The van der Waals surface area contributed by atoms with Crippen molar-refractivity contribution in [3.63, 3.8) is 0 Å². The Morgan fingerprint density at radius 2 is 1.84 bits per heavy atom. The second-order valence-electron chi connectivity index (χ2n) is 3.87. The van der Waals surface area contributed by atoms with Gasteiger partial charge < -0.3 is 16.0 Å². The normalized spacial score (nSPS) is 10.1. The van der Waals surface area contributed by atoms with Crippen LogP contribution in [0.15, 0.2) is 39.9 Å². The first-order valence-corrected chi connectivity index (χ1v) is 5.52. The quantitative estimate of drug-likeness (QED) is 0.598. The summed E-state index contributed by atoms with van der Waals surface area (Å²) in [6, 6.07) is 9.21. The summed E-state index contributed by atoms with van der Waals surface area (Å²) in [5.74, 6) is -0.607. The van der Waals surface area contributed by atoms with Crippen LogP contribution in [0.4, 0.5) is 5.69 Å². The Bertz CT molecular complexity index is 703. The standard InChI is InChI=1S/C12H12N4O3/c13-8-9(15-12(19)16-10(8)17)11(18)14-6-7-4-2-1-3-5-7/h1-5H,6,13H2,(H,14,18)(H2,15,16,17,19). The molecule has 0 aliphatic rings. The maximum atomic E-state index is 11.8. The molecule has 7 nitrogen and oxygen atoms in total. The SMILES string of the molecule is Nc1c(C(=O)NCc2ccccc2)[nH]c(=O)[nH]c1=O. The van der Waals surface area contributed by atoms with E-state index in [0.717, 1.165) is 5.56 Å². The summed E-state index contributed by atoms with van der Waals surface area (Å²) in [5.41, 5.74) is 4.23. The lowest BCUT2D eigenvalue weighted by molar-refractivity contribution is 0.0946. The third-order valence-electron chi connectivity index (χ3n) is 2.50. The highest BCUT2D eigenvalue weighted by atomic mass is 16.2. The van der Waals surface area contributed by atoms with E-state index in [0.29, 0.717) is 0 Å². The molecule has 0 aliphatic carbocycles. The molecule has 2 rings (SSSR count). The van der Waals surface area contributed by atoms with E-state index in [-0.39, 0.29) is 17.9 Å². The van der Waals surface area contributed by atoms with Crippen LogP contribution >= 0.6 is 0 Å². The molecule has 5 N–H and O–H groups in total. The smallest absolute Gasteiger partial charge is 0.326 e. The lowest BCUT2D eigenvalue weighted by Crippen LogP contribution is -2.33. The molecule has 7 heteroatoms. The first-order chi connectivity index (χ1) is 9.08. The summed E-state index contributed by atoms with van der Waals surface area (Å²) in [5, 5.41) is 2.57. The molecule has 0 spiro atoms. The first kappa shape index (κ1) is 12.6. The Kier molecular flexibility index (Phi) is 3.46. The predicted octanol–water partition coefficient (Wildman–Crippen LogP) is -0.425. The molecular weight excluding hydrogens is 248 g/mol. The molecule has 0 aliphatic heterocycles. The fourth-order valence-corrected chi connectivity index (χ4v) is 1.54. The molecule has 0 bridgehead atoms. The van der Waals surface area contributed by atoms with E-state index in [4.69, 9.17) is 5.73 Å². The fourth-order valence-electron chi connectivity index (χ4n) is 1.54. The average Bonchev–Trinajstić information content (AvgIpc) is 2.41. The van der Waals surface area contributed by atoms with Crippen molar-refractivity contribution in [2.45, 2.75) is 6.54 Å². The van der Waals surface area contributed by atoms with Crippen molar-refractivity contribution in [3.8, 4) is 0 Å². The fraction of sp³-hybridized carbons (Fsp3) is 0.0833. The number of aromatic amines is 2. The molecular formula is C12H12N4O3. The zero-order chi connectivity index (χ0) is 13.8. The van der Waals surface area contributed by atoms with Crippen molar-refractivity contribution in [3.05, 3.63) is 62.4 Å². The van der Waals surface area contributed by atoms with Crippen LogP contribution in [0, 0.1) is 0 Å². The van der Waals surface area contributed by atoms with Crippen LogP contribution in [0.1, 0.15) is 16.1 Å². The summed E-state index contributed by atoms with van der Waals surface area (Å²) in [6.07, 6.45) is 0. The highest BCUT2D eigenvalue weighted by Gasteiger charge is 2.13. The highest BCUT2D eigenvalue weighted by Crippen LogP contribution is 2.01. The van der Waals surface area contributed by atoms with E-state index < -0.39 is 17.2 Å². The van der Waals surface area contributed by atoms with Crippen molar-refractivity contribution in [2.75, 3.05) is 5.73 Å². The monoisotopic (exact) mass is 260 g/mol. The van der Waals surface area contributed by atoms with Gasteiger partial charge in [0, 0.05) is 6.54 Å². The van der Waals surface area contributed by atoms with Crippen molar-refractivity contribution in [2.24, 2.45) is 0 Å². The Hall–Kier alpha value is -2.83. The van der Waals surface area contributed by atoms with Gasteiger partial charge in [-0.25, -0.2) is 4.79 Å². The van der Waals surface area contributed by atoms with Crippen LogP contribution in [-0.2, 0) is 6.54 Å². The minimum absolute atomic E-state index is 0.232. The zero-order valence-corrected chi connectivity index (χ0v) is 9.90. The number of benzene rings is 1. The molecule has 0 unspecified atom stereocenters. The van der Waals surface area contributed by atoms with Gasteiger partial charge >= 0.3 is 5.69 Å². The van der Waals surface area contributed by atoms with Crippen LogP contribution < -0.4 is 22.3 Å². The van der Waals surface area contributed by atoms with Gasteiger partial charge in [0.05, 0.1) is 0 Å². The van der Waals surface area contributed by atoms with E-state index in [1.165, 1.54) is 0 Å². The van der Waals surface area contributed by atoms with Crippen molar-refractivity contribution in [1.29, 1.82) is 0 Å². The van der Waals surface area contributed by atoms with Crippen LogP contribution in [0.3, 0.4) is 0 Å². The van der Waals surface area contributed by atoms with E-state index in [2.05, 4.69) is 10.3 Å². The van der Waals surface area contributed by atoms with E-state index in [9.17, 15) is 14.4 Å². The summed E-state index contributed by atoms with van der Waals surface area (Å²) >= 11 is 0. The lowest BCUT2D eigenvalue weighted by Gasteiger charge is -2.06. The minimum Gasteiger partial charge on any atom is -0.392 e. The minimum atomic E-state index is -0.784. The van der Waals surface area contributed by atoms with E-state index >= 15 is 0 Å². The Morgan fingerprint density at radius 1 is 1.16 bits per heavy atom. The number of nitrogens with one attached hydrogen (secondary N) is 3. The third kappa shape index (κ3) is 2.89. The summed E-state index contributed by atoms with van der Waals surface area (Å²) in [7, 11) is 0. The van der Waals surface area contributed by atoms with Crippen LogP contribution in [-0.4, -0.2) is 15.9 Å². The maximum Gasteiger partial charge on any atom is 0.326 e. The van der Waals surface area contributed by atoms with Crippen LogP contribution in [0.25, 0.3) is 0 Å². The topological polar surface area (TPSA) is 121 Å². The Morgan fingerprint density at radius 3 is 2.53 bits per heavy atom. The number of anilines is 1. The number of nitrogens with two attached hydrogens (primary N) is 1. The molecule has 19 heavy (non-hydrogen) atoms. The summed E-state index contributed by atoms with van der Waals surface area (Å²) < 4.78 is 0. The Labute approximate surface area is 107 Å². The average molecular weight is 260 g/mol. The number of aromatic nitrogens is 2. The molecule has 0 radical (unpaired) electrons. The summed E-state index contributed by atoms with van der Waals surface area (Å²) in [6.45, 7) is 0.272. The number of carbonyl (C=O) groups is 1. The second kappa shape index (κ2) is 5.21. The van der Waals surface area contributed by atoms with E-state index in [1.807, 2.05) is 35.3 Å². The van der Waals surface area contributed by atoms with Gasteiger partial charge in [-0.05, 0) is 5.56 Å². The first-order valence-electron chi connectivity index (χ1n) is 5.52. The van der Waals surface area contributed by atoms with Crippen molar-refractivity contribution < 1.29 is 4.79 Å². The number of hydrogen-bond donors (Lipinski definition) is 4. The molecule has 1 heterocycles. The third-order valence-corrected chi connectivity index (χ3v) is 2.50. The highest BCUT2D eigenvalue weighted by molar-refractivity contribution is 5.96. The van der Waals surface area contributed by atoms with Crippen molar-refractivity contribution in [1.82, 2.24) is 15.3 Å². The second-order valence-corrected chi connectivity index (χ2v) is 3.87. The lowest BCUT2D eigenvalue weighted by atomic mass is 10.2. The maximum absolute atomic E-state index is 11.8. The molecule has 0 atom stereocenters. The van der Waals surface area contributed by atoms with Gasteiger partial charge in [0.2, 0.25) is 0 Å². The molecule has 1 aromatic heterocycles. The summed E-state index contributed by atoms with van der Waals surface area (Å²) in [4.78, 5) is 38.3. The molecule has 1 aromatic carbocycles. The van der Waals surface area contributed by atoms with Gasteiger partial charge in [-0.3, -0.25) is 14.6 Å². The van der Waals surface area contributed by atoms with Gasteiger partial charge in [-0.1, -0.05) is 30.3 Å². The molecule has 0 saturated heterocycles. The zero-order valence-electron chi connectivity index (χ0n) is 9.90. The molecule has 0 fully saturated rings. The van der Waals surface area contributed by atoms with E-state index in [1.54, 1.807) is 0 Å². The number of carbonyl (C=O) groups excluding carboxylic acids is 1. The Balaban J connectivity index is 2.17. The van der Waals surface area contributed by atoms with Crippen molar-refractivity contribution >= 4 is 11.6 Å². The van der Waals surface area contributed by atoms with Gasteiger partial charge in [-0.15, -0.1) is 0 Å². The number of hydrogen-bond acceptors (Lipinski definition) is 4.